The number of nitrogens with zero attached hydrogens (tertiary/aromatic N) is 3. The van der Waals surface area contributed by atoms with Crippen LogP contribution in [0.3, 0.4) is 0 Å². The lowest BCUT2D eigenvalue weighted by molar-refractivity contribution is -0.129. The average Bonchev–Trinajstić information content (AvgIpc) is 3.25. The van der Waals surface area contributed by atoms with Crippen LogP contribution in [0.25, 0.3) is 10.8 Å². The van der Waals surface area contributed by atoms with Crippen molar-refractivity contribution in [2.45, 2.75) is 19.9 Å². The van der Waals surface area contributed by atoms with Crippen LogP contribution in [-0.4, -0.2) is 36.9 Å². The van der Waals surface area contributed by atoms with Crippen LogP contribution in [0.5, 0.6) is 0 Å². The molecule has 0 spiro atoms. The zero-order valence-corrected chi connectivity index (χ0v) is 16.3. The molecule has 0 radical (unpaired) electrons. The Kier molecular flexibility index (Phi) is 5.42. The van der Waals surface area contributed by atoms with Gasteiger partial charge in [-0.1, -0.05) is 18.2 Å². The van der Waals surface area contributed by atoms with Gasteiger partial charge in [0.05, 0.1) is 17.0 Å². The van der Waals surface area contributed by atoms with Crippen LogP contribution in [-0.2, 0) is 17.8 Å². The number of aromatic nitrogens is 1. The maximum atomic E-state index is 12.6. The Morgan fingerprint density at radius 1 is 1.15 bits per heavy atom. The number of benzene rings is 1. The van der Waals surface area contributed by atoms with Crippen molar-refractivity contribution in [1.82, 2.24) is 9.88 Å². The van der Waals surface area contributed by atoms with E-state index in [0.717, 1.165) is 16.1 Å². The molecule has 0 aliphatic carbocycles. The summed E-state index contributed by atoms with van der Waals surface area (Å²) in [4.78, 5) is 21.8. The number of rotatable bonds is 6. The van der Waals surface area contributed by atoms with E-state index >= 15 is 0 Å². The monoisotopic (exact) mass is 369 g/mol. The van der Waals surface area contributed by atoms with E-state index in [1.54, 1.807) is 16.2 Å². The van der Waals surface area contributed by atoms with E-state index in [2.05, 4.69) is 34.1 Å². The Morgan fingerprint density at radius 2 is 1.88 bits per heavy atom. The van der Waals surface area contributed by atoms with Gasteiger partial charge in [0.15, 0.2) is 0 Å². The summed E-state index contributed by atoms with van der Waals surface area (Å²) in [7, 11) is 5.84. The van der Waals surface area contributed by atoms with Crippen LogP contribution in [0.15, 0.2) is 46.2 Å². The van der Waals surface area contributed by atoms with Gasteiger partial charge in [-0.15, -0.1) is 11.3 Å². The maximum absolute atomic E-state index is 12.6. The predicted octanol–water partition coefficient (Wildman–Crippen LogP) is 3.98. The second-order valence-electron chi connectivity index (χ2n) is 6.49. The molecule has 1 amide bonds. The second kappa shape index (κ2) is 7.74. The van der Waals surface area contributed by atoms with Crippen molar-refractivity contribution < 1.29 is 9.21 Å². The topological polar surface area (TPSA) is 49.6 Å². The first kappa shape index (κ1) is 18.2. The van der Waals surface area contributed by atoms with Crippen molar-refractivity contribution in [3.63, 3.8) is 0 Å². The number of aryl methyl sites for hydroxylation is 1. The molecule has 6 heteroatoms. The molecule has 0 bridgehead atoms. The van der Waals surface area contributed by atoms with E-state index in [1.165, 1.54) is 0 Å². The van der Waals surface area contributed by atoms with E-state index in [9.17, 15) is 4.79 Å². The van der Waals surface area contributed by atoms with E-state index in [-0.39, 0.29) is 12.3 Å². The van der Waals surface area contributed by atoms with Crippen molar-refractivity contribution in [2.24, 2.45) is 0 Å². The molecule has 2 aromatic heterocycles. The Labute approximate surface area is 157 Å². The van der Waals surface area contributed by atoms with Crippen molar-refractivity contribution in [3.05, 3.63) is 58.8 Å². The number of anilines is 1. The van der Waals surface area contributed by atoms with Gasteiger partial charge in [-0.05, 0) is 36.1 Å². The number of thiophene rings is 1. The van der Waals surface area contributed by atoms with Gasteiger partial charge in [0, 0.05) is 33.4 Å². The highest BCUT2D eigenvalue weighted by Gasteiger charge is 2.17. The molecule has 3 aromatic rings. The number of likely N-dealkylation sites (N-methyl/N-ethyl adjacent to an activating group) is 1. The Morgan fingerprint density at radius 3 is 2.50 bits per heavy atom. The summed E-state index contributed by atoms with van der Waals surface area (Å²) < 4.78 is 5.72. The van der Waals surface area contributed by atoms with Gasteiger partial charge in [-0.3, -0.25) is 4.79 Å². The van der Waals surface area contributed by atoms with Crippen molar-refractivity contribution in [2.75, 3.05) is 26.0 Å². The van der Waals surface area contributed by atoms with Crippen LogP contribution in [0, 0.1) is 6.92 Å². The van der Waals surface area contributed by atoms with Gasteiger partial charge < -0.3 is 14.2 Å². The van der Waals surface area contributed by atoms with E-state index in [0.29, 0.717) is 23.9 Å². The van der Waals surface area contributed by atoms with E-state index in [1.807, 2.05) is 45.6 Å². The second-order valence-corrected chi connectivity index (χ2v) is 7.43. The first-order valence-electron chi connectivity index (χ1n) is 8.44. The van der Waals surface area contributed by atoms with E-state index < -0.39 is 0 Å². The fourth-order valence-corrected chi connectivity index (χ4v) is 3.29. The minimum atomic E-state index is 0.0239. The molecule has 26 heavy (non-hydrogen) atoms. The molecule has 0 atom stereocenters. The van der Waals surface area contributed by atoms with Gasteiger partial charge in [0.1, 0.15) is 5.76 Å². The molecular formula is C20H23N3O2S. The SMILES string of the molecule is Cc1oc(-c2cccs2)nc1CC(=O)N(C)Cc1ccc(N(C)C)cc1. The number of carbonyl (C=O) groups is 1. The highest BCUT2D eigenvalue weighted by molar-refractivity contribution is 7.13. The average molecular weight is 369 g/mol. The quantitative estimate of drug-likeness (QED) is 0.659. The maximum Gasteiger partial charge on any atom is 0.236 e. The fourth-order valence-electron chi connectivity index (χ4n) is 2.64. The van der Waals surface area contributed by atoms with Crippen molar-refractivity contribution in [1.29, 1.82) is 0 Å². The van der Waals surface area contributed by atoms with Gasteiger partial charge in [0.2, 0.25) is 11.8 Å². The molecule has 0 saturated heterocycles. The summed E-state index contributed by atoms with van der Waals surface area (Å²) in [6.07, 6.45) is 0.243. The van der Waals surface area contributed by atoms with Crippen LogP contribution in [0.1, 0.15) is 17.0 Å². The molecule has 0 aliphatic heterocycles. The normalized spacial score (nSPS) is 10.8. The molecule has 0 unspecified atom stereocenters. The third-order valence-corrected chi connectivity index (χ3v) is 5.10. The highest BCUT2D eigenvalue weighted by Crippen LogP contribution is 2.26. The minimum absolute atomic E-state index is 0.0239. The van der Waals surface area contributed by atoms with Crippen LogP contribution in [0.4, 0.5) is 5.69 Å². The fraction of sp³-hybridized carbons (Fsp3) is 0.300. The minimum Gasteiger partial charge on any atom is -0.440 e. The number of hydrogen-bond acceptors (Lipinski definition) is 5. The third-order valence-electron chi connectivity index (χ3n) is 4.24. The lowest BCUT2D eigenvalue weighted by Crippen LogP contribution is -2.28. The molecule has 3 rings (SSSR count). The number of hydrogen-bond donors (Lipinski definition) is 0. The molecule has 0 fully saturated rings. The first-order valence-corrected chi connectivity index (χ1v) is 9.32. The smallest absolute Gasteiger partial charge is 0.236 e. The molecule has 0 aliphatic rings. The lowest BCUT2D eigenvalue weighted by atomic mass is 10.1. The molecule has 136 valence electrons. The van der Waals surface area contributed by atoms with Crippen molar-refractivity contribution in [3.8, 4) is 10.8 Å². The largest absolute Gasteiger partial charge is 0.440 e. The molecular weight excluding hydrogens is 346 g/mol. The number of carbonyl (C=O) groups excluding carboxylic acids is 1. The first-order chi connectivity index (χ1) is 12.4. The van der Waals surface area contributed by atoms with Crippen LogP contribution >= 0.6 is 11.3 Å². The highest BCUT2D eigenvalue weighted by atomic mass is 32.1. The summed E-state index contributed by atoms with van der Waals surface area (Å²) in [5, 5.41) is 1.98. The Hall–Kier alpha value is -2.60. The summed E-state index contributed by atoms with van der Waals surface area (Å²) in [6.45, 7) is 2.42. The molecule has 5 nitrogen and oxygen atoms in total. The van der Waals surface area contributed by atoms with Gasteiger partial charge in [-0.25, -0.2) is 4.98 Å². The molecule has 0 saturated carbocycles. The van der Waals surface area contributed by atoms with Gasteiger partial charge in [-0.2, -0.15) is 0 Å². The van der Waals surface area contributed by atoms with Crippen molar-refractivity contribution >= 4 is 22.9 Å². The summed E-state index contributed by atoms with van der Waals surface area (Å²) in [5.41, 5.74) is 2.94. The predicted molar refractivity (Wildman–Crippen MR) is 106 cm³/mol. The standard InChI is InChI=1S/C20H23N3O2S/c1-14-17(21-20(25-14)18-6-5-11-26-18)12-19(24)23(4)13-15-7-9-16(10-8-15)22(2)3/h5-11H,12-13H2,1-4H3. The number of amides is 1. The molecule has 2 heterocycles. The Balaban J connectivity index is 1.64. The van der Waals surface area contributed by atoms with Gasteiger partial charge in [0.25, 0.3) is 0 Å². The third kappa shape index (κ3) is 4.14. The zero-order chi connectivity index (χ0) is 18.7. The van der Waals surface area contributed by atoms with E-state index in [4.69, 9.17) is 4.42 Å². The number of oxazole rings is 1. The zero-order valence-electron chi connectivity index (χ0n) is 15.5. The summed E-state index contributed by atoms with van der Waals surface area (Å²) in [5.74, 6) is 1.31. The summed E-state index contributed by atoms with van der Waals surface area (Å²) in [6, 6.07) is 12.1. The molecule has 1 aromatic carbocycles. The summed E-state index contributed by atoms with van der Waals surface area (Å²) >= 11 is 1.57. The lowest BCUT2D eigenvalue weighted by Gasteiger charge is -2.18. The van der Waals surface area contributed by atoms with Crippen LogP contribution < -0.4 is 4.90 Å². The molecule has 0 N–H and O–H groups in total. The Bertz CT molecular complexity index is 867. The van der Waals surface area contributed by atoms with Gasteiger partial charge >= 0.3 is 0 Å². The van der Waals surface area contributed by atoms with Crippen LogP contribution in [0.2, 0.25) is 0 Å².